The van der Waals surface area contributed by atoms with E-state index < -0.39 is 0 Å². The lowest BCUT2D eigenvalue weighted by Gasteiger charge is -2.37. The van der Waals surface area contributed by atoms with Gasteiger partial charge in [0.15, 0.2) is 0 Å². The van der Waals surface area contributed by atoms with Crippen molar-refractivity contribution in [2.24, 2.45) is 0 Å². The molecule has 5 heteroatoms. The third-order valence-corrected chi connectivity index (χ3v) is 6.53. The minimum absolute atomic E-state index is 0.0363. The number of ether oxygens (including phenoxy) is 1. The van der Waals surface area contributed by atoms with Crippen LogP contribution in [0.2, 0.25) is 0 Å². The van der Waals surface area contributed by atoms with E-state index in [4.69, 9.17) is 9.84 Å². The van der Waals surface area contributed by atoms with E-state index in [0.717, 1.165) is 30.5 Å². The number of methoxy groups -OCH3 is 1. The van der Waals surface area contributed by atoms with Gasteiger partial charge in [-0.1, -0.05) is 86.1 Å². The molecule has 1 unspecified atom stereocenters. The zero-order valence-corrected chi connectivity index (χ0v) is 19.6. The second-order valence-electron chi connectivity index (χ2n) is 8.60. The predicted molar refractivity (Wildman–Crippen MR) is 134 cm³/mol. The second-order valence-corrected chi connectivity index (χ2v) is 8.60. The Hall–Kier alpha value is -3.86. The van der Waals surface area contributed by atoms with Gasteiger partial charge in [0.25, 0.3) is 5.91 Å². The molecule has 34 heavy (non-hydrogen) atoms. The van der Waals surface area contributed by atoms with Gasteiger partial charge in [-0.05, 0) is 36.1 Å². The maximum absolute atomic E-state index is 14.3. The number of fused-ring (bicyclic) bond motifs is 1. The summed E-state index contributed by atoms with van der Waals surface area (Å²) in [6.45, 7) is 2.84. The number of aromatic nitrogens is 2. The summed E-state index contributed by atoms with van der Waals surface area (Å²) in [4.78, 5) is 16.3. The normalized spacial score (nSPS) is 15.1. The highest BCUT2D eigenvalue weighted by Gasteiger charge is 2.35. The molecule has 1 aromatic heterocycles. The van der Waals surface area contributed by atoms with Gasteiger partial charge in [-0.3, -0.25) is 4.79 Å². The first-order valence-electron chi connectivity index (χ1n) is 11.9. The maximum atomic E-state index is 14.3. The molecular formula is C29H29N3O2. The number of rotatable bonds is 6. The number of benzene rings is 3. The molecule has 1 atom stereocenters. The lowest BCUT2D eigenvalue weighted by molar-refractivity contribution is 0.0647. The van der Waals surface area contributed by atoms with Gasteiger partial charge in [-0.2, -0.15) is 9.78 Å². The molecule has 0 aliphatic carbocycles. The van der Waals surface area contributed by atoms with Crippen molar-refractivity contribution in [1.82, 2.24) is 14.7 Å². The summed E-state index contributed by atoms with van der Waals surface area (Å²) in [7, 11) is 1.61. The third kappa shape index (κ3) is 3.87. The van der Waals surface area contributed by atoms with Gasteiger partial charge < -0.3 is 9.64 Å². The molecule has 1 amide bonds. The SMILES string of the molecule is CCCC1c2ccccc2CCN1C(=O)c1c(-c2ccccc2)nn(-c2ccccc2)c1OC. The van der Waals surface area contributed by atoms with Gasteiger partial charge in [0.2, 0.25) is 5.88 Å². The molecule has 2 heterocycles. The molecule has 0 saturated heterocycles. The number of para-hydroxylation sites is 1. The van der Waals surface area contributed by atoms with Crippen molar-refractivity contribution in [2.45, 2.75) is 32.2 Å². The molecule has 1 aliphatic heterocycles. The number of amides is 1. The molecule has 0 fully saturated rings. The van der Waals surface area contributed by atoms with Gasteiger partial charge >= 0.3 is 0 Å². The molecule has 0 N–H and O–H groups in total. The molecule has 0 saturated carbocycles. The molecule has 0 spiro atoms. The Morgan fingerprint density at radius 2 is 1.65 bits per heavy atom. The summed E-state index contributed by atoms with van der Waals surface area (Å²) in [5.41, 5.74) is 5.48. The molecule has 3 aromatic carbocycles. The fourth-order valence-electron chi connectivity index (χ4n) is 4.95. The van der Waals surface area contributed by atoms with Crippen molar-refractivity contribution < 1.29 is 9.53 Å². The van der Waals surface area contributed by atoms with E-state index in [0.29, 0.717) is 23.7 Å². The Labute approximate surface area is 200 Å². The van der Waals surface area contributed by atoms with Crippen LogP contribution >= 0.6 is 0 Å². The number of nitrogens with zero attached hydrogens (tertiary/aromatic N) is 3. The first kappa shape index (κ1) is 22.0. The molecule has 5 nitrogen and oxygen atoms in total. The smallest absolute Gasteiger partial charge is 0.262 e. The Kier molecular flexibility index (Phi) is 6.17. The van der Waals surface area contributed by atoms with Crippen LogP contribution in [0.1, 0.15) is 47.3 Å². The molecule has 1 aliphatic rings. The monoisotopic (exact) mass is 451 g/mol. The summed E-state index contributed by atoms with van der Waals surface area (Å²) in [6.07, 6.45) is 2.76. The zero-order valence-electron chi connectivity index (χ0n) is 19.6. The van der Waals surface area contributed by atoms with E-state index in [1.54, 1.807) is 11.8 Å². The summed E-state index contributed by atoms with van der Waals surface area (Å²) < 4.78 is 7.60. The number of hydrogen-bond acceptors (Lipinski definition) is 3. The Balaban J connectivity index is 1.66. The third-order valence-electron chi connectivity index (χ3n) is 6.53. The summed E-state index contributed by atoms with van der Waals surface area (Å²) in [5, 5.41) is 4.90. The Morgan fingerprint density at radius 1 is 0.971 bits per heavy atom. The molecule has 0 bridgehead atoms. The van der Waals surface area contributed by atoms with Crippen LogP contribution in [0, 0.1) is 0 Å². The average molecular weight is 452 g/mol. The van der Waals surface area contributed by atoms with Crippen LogP contribution in [-0.2, 0) is 6.42 Å². The van der Waals surface area contributed by atoms with Crippen LogP contribution in [0.15, 0.2) is 84.9 Å². The molecule has 172 valence electrons. The van der Waals surface area contributed by atoms with E-state index in [-0.39, 0.29) is 11.9 Å². The van der Waals surface area contributed by atoms with Crippen LogP contribution in [0.3, 0.4) is 0 Å². The molecule has 0 radical (unpaired) electrons. The summed E-state index contributed by atoms with van der Waals surface area (Å²) in [6, 6.07) is 28.2. The second kappa shape index (κ2) is 9.56. The molecule has 5 rings (SSSR count). The largest absolute Gasteiger partial charge is 0.480 e. The topological polar surface area (TPSA) is 47.4 Å². The number of carbonyl (C=O) groups is 1. The first-order chi connectivity index (χ1) is 16.7. The minimum atomic E-state index is -0.0363. The van der Waals surface area contributed by atoms with Crippen molar-refractivity contribution in [3.63, 3.8) is 0 Å². The van der Waals surface area contributed by atoms with Crippen molar-refractivity contribution in [3.8, 4) is 22.8 Å². The van der Waals surface area contributed by atoms with Crippen LogP contribution in [-0.4, -0.2) is 34.2 Å². The highest BCUT2D eigenvalue weighted by Crippen LogP contribution is 2.39. The van der Waals surface area contributed by atoms with Gasteiger partial charge in [-0.25, -0.2) is 0 Å². The van der Waals surface area contributed by atoms with Crippen LogP contribution in [0.4, 0.5) is 0 Å². The zero-order chi connectivity index (χ0) is 23.5. The quantitative estimate of drug-likeness (QED) is 0.356. The fourth-order valence-corrected chi connectivity index (χ4v) is 4.95. The Bertz CT molecular complexity index is 1280. The molecular weight excluding hydrogens is 422 g/mol. The van der Waals surface area contributed by atoms with Crippen molar-refractivity contribution in [2.75, 3.05) is 13.7 Å². The lowest BCUT2D eigenvalue weighted by Crippen LogP contribution is -2.40. The van der Waals surface area contributed by atoms with Gasteiger partial charge in [0, 0.05) is 12.1 Å². The minimum Gasteiger partial charge on any atom is -0.480 e. The van der Waals surface area contributed by atoms with Crippen molar-refractivity contribution in [3.05, 3.63) is 102 Å². The first-order valence-corrected chi connectivity index (χ1v) is 11.9. The van der Waals surface area contributed by atoms with Gasteiger partial charge in [0.1, 0.15) is 11.3 Å². The van der Waals surface area contributed by atoms with Crippen LogP contribution in [0.25, 0.3) is 16.9 Å². The predicted octanol–water partition coefficient (Wildman–Crippen LogP) is 6.09. The van der Waals surface area contributed by atoms with Crippen LogP contribution in [0.5, 0.6) is 5.88 Å². The average Bonchev–Trinajstić information content (AvgIpc) is 3.29. The summed E-state index contributed by atoms with van der Waals surface area (Å²) in [5.74, 6) is 0.426. The molecule has 4 aromatic rings. The van der Waals surface area contributed by atoms with E-state index in [2.05, 4.69) is 31.2 Å². The van der Waals surface area contributed by atoms with E-state index >= 15 is 0 Å². The van der Waals surface area contributed by atoms with Crippen molar-refractivity contribution in [1.29, 1.82) is 0 Å². The standard InChI is InChI=1S/C29H29N3O2/c1-3-12-25-24-18-11-10-13-21(24)19-20-31(25)28(33)26-27(22-14-6-4-7-15-22)30-32(29(26)34-2)23-16-8-5-9-17-23/h4-11,13-18,25H,3,12,19-20H2,1-2H3. The maximum Gasteiger partial charge on any atom is 0.262 e. The highest BCUT2D eigenvalue weighted by molar-refractivity contribution is 6.03. The van der Waals surface area contributed by atoms with E-state index in [9.17, 15) is 4.79 Å². The lowest BCUT2D eigenvalue weighted by atomic mass is 9.89. The van der Waals surface area contributed by atoms with Gasteiger partial charge in [0.05, 0.1) is 18.8 Å². The summed E-state index contributed by atoms with van der Waals surface area (Å²) >= 11 is 0. The Morgan fingerprint density at radius 3 is 2.35 bits per heavy atom. The number of hydrogen-bond donors (Lipinski definition) is 0. The van der Waals surface area contributed by atoms with Crippen molar-refractivity contribution >= 4 is 5.91 Å². The van der Waals surface area contributed by atoms with E-state index in [1.807, 2.05) is 65.6 Å². The highest BCUT2D eigenvalue weighted by atomic mass is 16.5. The van der Waals surface area contributed by atoms with Crippen LogP contribution < -0.4 is 4.74 Å². The fraction of sp³-hybridized carbons (Fsp3) is 0.241. The van der Waals surface area contributed by atoms with Gasteiger partial charge in [-0.15, -0.1) is 0 Å². The van der Waals surface area contributed by atoms with E-state index in [1.165, 1.54) is 11.1 Å². The number of carbonyl (C=O) groups excluding carboxylic acids is 1.